The summed E-state index contributed by atoms with van der Waals surface area (Å²) in [5.41, 5.74) is -0.225. The average molecular weight is 185 g/mol. The van der Waals surface area contributed by atoms with Crippen LogP contribution in [0.3, 0.4) is 0 Å². The van der Waals surface area contributed by atoms with Crippen LogP contribution in [-0.4, -0.2) is 9.67 Å². The molecule has 1 N–H and O–H groups in total. The lowest BCUT2D eigenvalue weighted by molar-refractivity contribution is 0.0959. The second-order valence-electron chi connectivity index (χ2n) is 2.52. The molecule has 0 saturated carbocycles. The Balaban J connectivity index is 3.10. The fourth-order valence-electron chi connectivity index (χ4n) is 0.922. The third-order valence-corrected chi connectivity index (χ3v) is 1.90. The number of rotatable bonds is 2. The third-order valence-electron chi connectivity index (χ3n) is 1.62. The lowest BCUT2D eigenvalue weighted by Crippen LogP contribution is -2.22. The second-order valence-corrected chi connectivity index (χ2v) is 3.04. The molecular weight excluding hydrogens is 174 g/mol. The molecular formula is C8H11NO2S. The minimum atomic E-state index is -0.730. The first kappa shape index (κ1) is 9.35. The molecule has 0 bridgehead atoms. The molecule has 0 radical (unpaired) electrons. The van der Waals surface area contributed by atoms with Gasteiger partial charge in [0, 0.05) is 17.2 Å². The molecule has 1 rings (SSSR count). The number of nitrogens with zero attached hydrogens (tertiary/aromatic N) is 1. The molecule has 0 amide bonds. The highest BCUT2D eigenvalue weighted by Gasteiger charge is 2.04. The molecule has 0 aliphatic rings. The smallest absolute Gasteiger partial charge is 0.253 e. The number of pyridine rings is 1. The van der Waals surface area contributed by atoms with Crippen LogP contribution in [0.2, 0.25) is 0 Å². The van der Waals surface area contributed by atoms with Gasteiger partial charge in [-0.3, -0.25) is 9.36 Å². The van der Waals surface area contributed by atoms with E-state index in [1.165, 1.54) is 10.6 Å². The lowest BCUT2D eigenvalue weighted by Gasteiger charge is -2.10. The Kier molecular flexibility index (Phi) is 2.94. The van der Waals surface area contributed by atoms with Crippen LogP contribution in [0.5, 0.6) is 0 Å². The minimum Gasteiger partial charge on any atom is -0.373 e. The van der Waals surface area contributed by atoms with Crippen LogP contribution in [0, 0.1) is 0 Å². The van der Waals surface area contributed by atoms with Crippen molar-refractivity contribution in [2.24, 2.45) is 0 Å². The maximum Gasteiger partial charge on any atom is 0.253 e. The van der Waals surface area contributed by atoms with Crippen molar-refractivity contribution in [3.63, 3.8) is 0 Å². The van der Waals surface area contributed by atoms with Crippen LogP contribution in [0.25, 0.3) is 0 Å². The number of hydrogen-bond donors (Lipinski definition) is 2. The van der Waals surface area contributed by atoms with Gasteiger partial charge in [-0.15, -0.1) is 12.6 Å². The van der Waals surface area contributed by atoms with Crippen LogP contribution in [0.15, 0.2) is 28.0 Å². The molecule has 0 saturated heterocycles. The summed E-state index contributed by atoms with van der Waals surface area (Å²) in [6.45, 7) is 1.81. The molecule has 0 aromatic carbocycles. The Hall–Kier alpha value is -0.740. The number of aliphatic hydroxyl groups is 1. The SMILES string of the molecule is CCC(O)n1ccc(S)cc1=O. The second kappa shape index (κ2) is 3.78. The average Bonchev–Trinajstić information content (AvgIpc) is 2.03. The fourth-order valence-corrected chi connectivity index (χ4v) is 1.10. The van der Waals surface area contributed by atoms with E-state index in [2.05, 4.69) is 12.6 Å². The molecule has 1 aromatic rings. The summed E-state index contributed by atoms with van der Waals surface area (Å²) >= 11 is 4.00. The zero-order chi connectivity index (χ0) is 9.14. The lowest BCUT2D eigenvalue weighted by atomic mass is 10.4. The Bertz CT molecular complexity index is 321. The van der Waals surface area contributed by atoms with Crippen molar-refractivity contribution in [3.8, 4) is 0 Å². The Morgan fingerprint density at radius 3 is 2.92 bits per heavy atom. The molecule has 0 aliphatic carbocycles. The molecule has 1 aromatic heterocycles. The summed E-state index contributed by atoms with van der Waals surface area (Å²) in [5, 5.41) is 9.34. The first-order valence-corrected chi connectivity index (χ1v) is 4.19. The minimum absolute atomic E-state index is 0.225. The maximum absolute atomic E-state index is 11.2. The summed E-state index contributed by atoms with van der Waals surface area (Å²) in [7, 11) is 0. The van der Waals surface area contributed by atoms with Crippen molar-refractivity contribution in [2.45, 2.75) is 24.5 Å². The van der Waals surface area contributed by atoms with Crippen LogP contribution in [0.4, 0.5) is 0 Å². The van der Waals surface area contributed by atoms with E-state index >= 15 is 0 Å². The van der Waals surface area contributed by atoms with Crippen LogP contribution in [-0.2, 0) is 0 Å². The van der Waals surface area contributed by atoms with E-state index in [1.54, 1.807) is 12.3 Å². The largest absolute Gasteiger partial charge is 0.373 e. The van der Waals surface area contributed by atoms with E-state index in [-0.39, 0.29) is 5.56 Å². The van der Waals surface area contributed by atoms with E-state index in [9.17, 15) is 9.90 Å². The maximum atomic E-state index is 11.2. The van der Waals surface area contributed by atoms with Gasteiger partial charge in [0.05, 0.1) is 0 Å². The van der Waals surface area contributed by atoms with Gasteiger partial charge in [0.15, 0.2) is 0 Å². The first-order valence-electron chi connectivity index (χ1n) is 3.74. The monoisotopic (exact) mass is 185 g/mol. The van der Waals surface area contributed by atoms with Crippen molar-refractivity contribution in [2.75, 3.05) is 0 Å². The Morgan fingerprint density at radius 1 is 1.75 bits per heavy atom. The van der Waals surface area contributed by atoms with Crippen LogP contribution >= 0.6 is 12.6 Å². The van der Waals surface area contributed by atoms with Crippen molar-refractivity contribution in [1.29, 1.82) is 0 Å². The number of aliphatic hydroxyl groups excluding tert-OH is 1. The van der Waals surface area contributed by atoms with E-state index < -0.39 is 6.23 Å². The summed E-state index contributed by atoms with van der Waals surface area (Å²) < 4.78 is 1.28. The van der Waals surface area contributed by atoms with Crippen LogP contribution < -0.4 is 5.56 Å². The quantitative estimate of drug-likeness (QED) is 0.676. The predicted octanol–water partition coefficient (Wildman–Crippen LogP) is 1.04. The Labute approximate surface area is 76.1 Å². The van der Waals surface area contributed by atoms with Crippen molar-refractivity contribution in [3.05, 3.63) is 28.7 Å². The highest BCUT2D eigenvalue weighted by Crippen LogP contribution is 2.05. The molecule has 12 heavy (non-hydrogen) atoms. The number of hydrogen-bond acceptors (Lipinski definition) is 3. The standard InChI is InChI=1S/C8H11NO2S/c1-2-7(10)9-4-3-6(12)5-8(9)11/h3-5,7,10,12H,2H2,1H3. The van der Waals surface area contributed by atoms with Gasteiger partial charge < -0.3 is 5.11 Å². The molecule has 66 valence electrons. The van der Waals surface area contributed by atoms with E-state index in [0.29, 0.717) is 11.3 Å². The highest BCUT2D eigenvalue weighted by atomic mass is 32.1. The van der Waals surface area contributed by atoms with Crippen molar-refractivity contribution in [1.82, 2.24) is 4.57 Å². The van der Waals surface area contributed by atoms with E-state index in [0.717, 1.165) is 0 Å². The third kappa shape index (κ3) is 1.89. The molecule has 0 spiro atoms. The van der Waals surface area contributed by atoms with Gasteiger partial charge in [-0.25, -0.2) is 0 Å². The van der Waals surface area contributed by atoms with E-state index in [4.69, 9.17) is 0 Å². The van der Waals surface area contributed by atoms with Gasteiger partial charge >= 0.3 is 0 Å². The van der Waals surface area contributed by atoms with Crippen molar-refractivity contribution >= 4 is 12.6 Å². The predicted molar refractivity (Wildman–Crippen MR) is 49.5 cm³/mol. The summed E-state index contributed by atoms with van der Waals surface area (Å²) in [6.07, 6.45) is 1.33. The van der Waals surface area contributed by atoms with Gasteiger partial charge in [0.2, 0.25) is 0 Å². The molecule has 1 unspecified atom stereocenters. The topological polar surface area (TPSA) is 42.2 Å². The molecule has 0 fully saturated rings. The van der Waals surface area contributed by atoms with Gasteiger partial charge in [-0.2, -0.15) is 0 Å². The normalized spacial score (nSPS) is 12.9. The summed E-state index contributed by atoms with van der Waals surface area (Å²) in [4.78, 5) is 11.8. The molecule has 1 heterocycles. The molecule has 3 nitrogen and oxygen atoms in total. The number of aromatic nitrogens is 1. The zero-order valence-corrected chi connectivity index (χ0v) is 7.66. The van der Waals surface area contributed by atoms with Gasteiger partial charge in [0.1, 0.15) is 6.23 Å². The summed E-state index contributed by atoms with van der Waals surface area (Å²) in [6, 6.07) is 3.05. The zero-order valence-electron chi connectivity index (χ0n) is 6.77. The highest BCUT2D eigenvalue weighted by molar-refractivity contribution is 7.80. The first-order chi connectivity index (χ1) is 5.65. The molecule has 4 heteroatoms. The van der Waals surface area contributed by atoms with Crippen LogP contribution in [0.1, 0.15) is 19.6 Å². The van der Waals surface area contributed by atoms with Gasteiger partial charge in [-0.05, 0) is 12.5 Å². The van der Waals surface area contributed by atoms with Gasteiger partial charge in [-0.1, -0.05) is 6.92 Å². The van der Waals surface area contributed by atoms with E-state index in [1.807, 2.05) is 6.92 Å². The summed E-state index contributed by atoms with van der Waals surface area (Å²) in [5.74, 6) is 0. The molecule has 0 aliphatic heterocycles. The fraction of sp³-hybridized carbons (Fsp3) is 0.375. The van der Waals surface area contributed by atoms with Crippen molar-refractivity contribution < 1.29 is 5.11 Å². The Morgan fingerprint density at radius 2 is 2.42 bits per heavy atom. The molecule has 1 atom stereocenters. The van der Waals surface area contributed by atoms with Gasteiger partial charge in [0.25, 0.3) is 5.56 Å². The number of thiol groups is 1.